The summed E-state index contributed by atoms with van der Waals surface area (Å²) in [6, 6.07) is 10.6. The molecule has 0 saturated carbocycles. The van der Waals surface area contributed by atoms with E-state index >= 15 is 0 Å². The Balaban J connectivity index is 1.46. The number of nitrogens with zero attached hydrogens (tertiary/aromatic N) is 4. The molecule has 0 aromatic heterocycles. The summed E-state index contributed by atoms with van der Waals surface area (Å²) in [5, 5.41) is 12.1. The quantitative estimate of drug-likeness (QED) is 0.468. The maximum atomic E-state index is 13.0. The third-order valence-electron chi connectivity index (χ3n) is 6.09. The molecule has 2 aromatic rings. The van der Waals surface area contributed by atoms with Gasteiger partial charge in [-0.3, -0.25) is 14.9 Å². The van der Waals surface area contributed by atoms with Gasteiger partial charge in [0.1, 0.15) is 5.69 Å². The van der Waals surface area contributed by atoms with Crippen LogP contribution >= 0.6 is 11.6 Å². The summed E-state index contributed by atoms with van der Waals surface area (Å²) in [6.07, 6.45) is 3.09. The van der Waals surface area contributed by atoms with E-state index in [-0.39, 0.29) is 48.2 Å². The minimum absolute atomic E-state index is 0.0771. The molecule has 9 nitrogen and oxygen atoms in total. The second-order valence-electron chi connectivity index (χ2n) is 8.16. The number of rotatable bonds is 5. The first kappa shape index (κ1) is 23.5. The molecular formula is C22H25ClN4O5S. The zero-order valence-electron chi connectivity index (χ0n) is 18.0. The highest BCUT2D eigenvalue weighted by atomic mass is 35.5. The first-order valence-electron chi connectivity index (χ1n) is 10.9. The highest BCUT2D eigenvalue weighted by molar-refractivity contribution is 7.89. The normalized spacial score (nSPS) is 17.7. The Kier molecular flexibility index (Phi) is 6.87. The Morgan fingerprint density at radius 1 is 0.909 bits per heavy atom. The van der Waals surface area contributed by atoms with E-state index in [1.165, 1.54) is 39.5 Å². The minimum atomic E-state index is -3.69. The molecule has 0 bridgehead atoms. The number of halogens is 1. The minimum Gasteiger partial charge on any atom is -0.366 e. The molecule has 2 saturated heterocycles. The van der Waals surface area contributed by atoms with Crippen molar-refractivity contribution < 1.29 is 18.1 Å². The number of piperazine rings is 1. The molecular weight excluding hydrogens is 468 g/mol. The summed E-state index contributed by atoms with van der Waals surface area (Å²) in [5.41, 5.74) is 0.693. The van der Waals surface area contributed by atoms with Gasteiger partial charge in [0, 0.05) is 55.9 Å². The van der Waals surface area contributed by atoms with Crippen molar-refractivity contribution >= 4 is 38.9 Å². The zero-order valence-corrected chi connectivity index (χ0v) is 19.6. The van der Waals surface area contributed by atoms with Crippen molar-refractivity contribution in [1.29, 1.82) is 0 Å². The molecule has 11 heteroatoms. The Morgan fingerprint density at radius 2 is 1.55 bits per heavy atom. The van der Waals surface area contributed by atoms with E-state index in [0.717, 1.165) is 32.4 Å². The summed E-state index contributed by atoms with van der Waals surface area (Å²) in [7, 11) is -3.69. The molecule has 2 fully saturated rings. The maximum absolute atomic E-state index is 13.0. The average molecular weight is 493 g/mol. The van der Waals surface area contributed by atoms with Crippen LogP contribution in [0.2, 0.25) is 5.02 Å². The van der Waals surface area contributed by atoms with E-state index in [1.54, 1.807) is 12.1 Å². The van der Waals surface area contributed by atoms with Crippen LogP contribution in [0.15, 0.2) is 47.4 Å². The van der Waals surface area contributed by atoms with Crippen LogP contribution in [0, 0.1) is 10.1 Å². The molecule has 2 aromatic carbocycles. The van der Waals surface area contributed by atoms with Crippen LogP contribution in [0.5, 0.6) is 0 Å². The van der Waals surface area contributed by atoms with Crippen molar-refractivity contribution in [2.75, 3.05) is 44.2 Å². The lowest BCUT2D eigenvalue weighted by Gasteiger charge is -2.34. The third kappa shape index (κ3) is 4.97. The fraction of sp³-hybridized carbons (Fsp3) is 0.409. The number of amides is 1. The predicted octanol–water partition coefficient (Wildman–Crippen LogP) is 3.39. The van der Waals surface area contributed by atoms with Crippen LogP contribution in [0.4, 0.5) is 11.4 Å². The molecule has 0 N–H and O–H groups in total. The van der Waals surface area contributed by atoms with E-state index < -0.39 is 14.9 Å². The van der Waals surface area contributed by atoms with Crippen molar-refractivity contribution in [1.82, 2.24) is 9.21 Å². The molecule has 2 aliphatic rings. The molecule has 0 spiro atoms. The summed E-state index contributed by atoms with van der Waals surface area (Å²) >= 11 is 5.85. The van der Waals surface area contributed by atoms with Crippen LogP contribution in [0.25, 0.3) is 0 Å². The second kappa shape index (κ2) is 9.66. The number of nitro groups is 1. The topological polar surface area (TPSA) is 104 Å². The van der Waals surface area contributed by atoms with Crippen LogP contribution in [-0.2, 0) is 10.0 Å². The van der Waals surface area contributed by atoms with Crippen molar-refractivity contribution in [2.45, 2.75) is 24.2 Å². The Labute approximate surface area is 197 Å². The molecule has 0 unspecified atom stereocenters. The highest BCUT2D eigenvalue weighted by Gasteiger charge is 2.31. The monoisotopic (exact) mass is 492 g/mol. The van der Waals surface area contributed by atoms with Gasteiger partial charge in [-0.15, -0.1) is 0 Å². The van der Waals surface area contributed by atoms with Gasteiger partial charge in [0.05, 0.1) is 9.82 Å². The number of piperidine rings is 1. The molecule has 2 aliphatic heterocycles. The van der Waals surface area contributed by atoms with Gasteiger partial charge < -0.3 is 9.80 Å². The summed E-state index contributed by atoms with van der Waals surface area (Å²) in [4.78, 5) is 28.0. The predicted molar refractivity (Wildman–Crippen MR) is 125 cm³/mol. The SMILES string of the molecule is O=C(c1ccc(N2CCCCC2)c([N+](=O)[O-])c1)N1CCN(S(=O)(=O)c2ccc(Cl)cc2)CC1. The number of carbonyl (C=O) groups excluding carboxylic acids is 1. The van der Waals surface area contributed by atoms with Crippen molar-refractivity contribution in [3.05, 3.63) is 63.2 Å². The number of hydrogen-bond acceptors (Lipinski definition) is 6. The largest absolute Gasteiger partial charge is 0.366 e. The number of anilines is 1. The number of hydrogen-bond donors (Lipinski definition) is 0. The Hall–Kier alpha value is -2.69. The van der Waals surface area contributed by atoms with Gasteiger partial charge in [0.25, 0.3) is 11.6 Å². The first-order valence-corrected chi connectivity index (χ1v) is 12.7. The van der Waals surface area contributed by atoms with E-state index in [9.17, 15) is 23.3 Å². The van der Waals surface area contributed by atoms with Gasteiger partial charge in [-0.05, 0) is 55.7 Å². The highest BCUT2D eigenvalue weighted by Crippen LogP contribution is 2.32. The van der Waals surface area contributed by atoms with Gasteiger partial charge in [-0.2, -0.15) is 4.31 Å². The molecule has 4 rings (SSSR count). The summed E-state index contributed by atoms with van der Waals surface area (Å²) in [6.45, 7) is 2.21. The Morgan fingerprint density at radius 3 is 2.15 bits per heavy atom. The first-order chi connectivity index (χ1) is 15.8. The van der Waals surface area contributed by atoms with Crippen LogP contribution < -0.4 is 4.90 Å². The molecule has 1 amide bonds. The Bertz CT molecular complexity index is 1140. The van der Waals surface area contributed by atoms with E-state index in [0.29, 0.717) is 10.7 Å². The van der Waals surface area contributed by atoms with Crippen LogP contribution in [0.3, 0.4) is 0 Å². The standard InChI is InChI=1S/C22H25ClN4O5S/c23-18-5-7-19(8-6-18)33(31,32)26-14-12-25(13-15-26)22(28)17-4-9-20(21(16-17)27(29)30)24-10-2-1-3-11-24/h4-9,16H,1-3,10-15H2. The number of carbonyl (C=O) groups is 1. The smallest absolute Gasteiger partial charge is 0.293 e. The number of benzene rings is 2. The zero-order chi connectivity index (χ0) is 23.6. The van der Waals surface area contributed by atoms with E-state index in [2.05, 4.69) is 0 Å². The second-order valence-corrected chi connectivity index (χ2v) is 10.5. The van der Waals surface area contributed by atoms with E-state index in [4.69, 9.17) is 11.6 Å². The fourth-order valence-electron chi connectivity index (χ4n) is 4.27. The van der Waals surface area contributed by atoms with Gasteiger partial charge >= 0.3 is 0 Å². The summed E-state index contributed by atoms with van der Waals surface area (Å²) in [5.74, 6) is -0.341. The molecule has 33 heavy (non-hydrogen) atoms. The maximum Gasteiger partial charge on any atom is 0.293 e. The van der Waals surface area contributed by atoms with Gasteiger partial charge in [-0.1, -0.05) is 11.6 Å². The lowest BCUT2D eigenvalue weighted by atomic mass is 10.1. The van der Waals surface area contributed by atoms with Gasteiger partial charge in [0.15, 0.2) is 0 Å². The van der Waals surface area contributed by atoms with E-state index in [1.807, 2.05) is 4.90 Å². The average Bonchev–Trinajstić information content (AvgIpc) is 2.84. The number of sulfonamides is 1. The lowest BCUT2D eigenvalue weighted by Crippen LogP contribution is -2.50. The molecule has 176 valence electrons. The van der Waals surface area contributed by atoms with Crippen LogP contribution in [0.1, 0.15) is 29.6 Å². The molecule has 0 atom stereocenters. The van der Waals surface area contributed by atoms with Crippen molar-refractivity contribution in [3.8, 4) is 0 Å². The molecule has 0 aliphatic carbocycles. The third-order valence-corrected chi connectivity index (χ3v) is 8.26. The van der Waals surface area contributed by atoms with Gasteiger partial charge in [-0.25, -0.2) is 8.42 Å². The fourth-order valence-corrected chi connectivity index (χ4v) is 5.82. The van der Waals surface area contributed by atoms with Crippen molar-refractivity contribution in [3.63, 3.8) is 0 Å². The van der Waals surface area contributed by atoms with Gasteiger partial charge in [0.2, 0.25) is 10.0 Å². The number of nitro benzene ring substituents is 1. The molecule has 2 heterocycles. The van der Waals surface area contributed by atoms with Crippen molar-refractivity contribution in [2.24, 2.45) is 0 Å². The summed E-state index contributed by atoms with van der Waals surface area (Å²) < 4.78 is 27.0. The van der Waals surface area contributed by atoms with Crippen LogP contribution in [-0.4, -0.2) is 67.7 Å². The molecule has 0 radical (unpaired) electrons. The lowest BCUT2D eigenvalue weighted by molar-refractivity contribution is -0.384.